The zero-order chi connectivity index (χ0) is 14.2. The van der Waals surface area contributed by atoms with E-state index in [1.807, 2.05) is 0 Å². The maximum Gasteiger partial charge on any atom is 0.321 e. The number of rotatable bonds is 3. The molecule has 0 saturated carbocycles. The molecular formula is C12H9Br2NO4. The Morgan fingerprint density at radius 3 is 2.74 bits per heavy atom. The van der Waals surface area contributed by atoms with Gasteiger partial charge < -0.3 is 9.64 Å². The smallest absolute Gasteiger partial charge is 0.321 e. The first-order chi connectivity index (χ1) is 8.97. The number of benzene rings is 1. The van der Waals surface area contributed by atoms with Crippen molar-refractivity contribution in [2.45, 2.75) is 4.83 Å². The minimum atomic E-state index is -0.681. The van der Waals surface area contributed by atoms with Gasteiger partial charge in [0.2, 0.25) is 0 Å². The van der Waals surface area contributed by atoms with E-state index in [1.54, 1.807) is 18.2 Å². The van der Waals surface area contributed by atoms with Crippen LogP contribution in [0.2, 0.25) is 0 Å². The molecule has 1 unspecified atom stereocenters. The minimum absolute atomic E-state index is 0.0424. The van der Waals surface area contributed by atoms with Gasteiger partial charge in [-0.1, -0.05) is 22.0 Å². The van der Waals surface area contributed by atoms with Crippen LogP contribution in [0.1, 0.15) is 10.4 Å². The van der Waals surface area contributed by atoms with Crippen molar-refractivity contribution in [3.05, 3.63) is 28.2 Å². The fourth-order valence-corrected chi connectivity index (χ4v) is 2.86. The van der Waals surface area contributed by atoms with Gasteiger partial charge in [0.05, 0.1) is 18.4 Å². The second-order valence-corrected chi connectivity index (χ2v) is 5.83. The zero-order valence-corrected chi connectivity index (χ0v) is 13.0. The second kappa shape index (κ2) is 5.42. The number of halogens is 2. The molecule has 0 saturated heterocycles. The van der Waals surface area contributed by atoms with E-state index in [0.717, 1.165) is 0 Å². The van der Waals surface area contributed by atoms with Crippen LogP contribution in [0.3, 0.4) is 0 Å². The lowest BCUT2D eigenvalue weighted by Gasteiger charge is -2.18. The topological polar surface area (TPSA) is 63.7 Å². The molecule has 1 aromatic rings. The lowest BCUT2D eigenvalue weighted by Crippen LogP contribution is -2.37. The van der Waals surface area contributed by atoms with Gasteiger partial charge in [-0.15, -0.1) is 0 Å². The van der Waals surface area contributed by atoms with Crippen LogP contribution in [0.4, 0.5) is 5.69 Å². The molecule has 1 aromatic carbocycles. The number of carbonyl (C=O) groups excluding carboxylic acids is 3. The van der Waals surface area contributed by atoms with Gasteiger partial charge in [0.25, 0.3) is 11.7 Å². The number of methoxy groups -OCH3 is 1. The first-order valence-electron chi connectivity index (χ1n) is 5.34. The average molecular weight is 391 g/mol. The Bertz CT molecular complexity index is 573. The fourth-order valence-electron chi connectivity index (χ4n) is 1.85. The maximum absolute atomic E-state index is 11.9. The van der Waals surface area contributed by atoms with Crippen molar-refractivity contribution in [3.8, 4) is 0 Å². The van der Waals surface area contributed by atoms with E-state index in [9.17, 15) is 14.4 Å². The quantitative estimate of drug-likeness (QED) is 0.449. The molecule has 1 aliphatic heterocycles. The summed E-state index contributed by atoms with van der Waals surface area (Å²) in [6, 6.07) is 5.09. The van der Waals surface area contributed by atoms with Crippen LogP contribution in [0.5, 0.6) is 0 Å². The summed E-state index contributed by atoms with van der Waals surface area (Å²) in [6.45, 7) is 0.0424. The number of anilines is 1. The highest BCUT2D eigenvalue weighted by molar-refractivity contribution is 9.10. The highest BCUT2D eigenvalue weighted by Crippen LogP contribution is 2.34. The molecule has 0 aliphatic carbocycles. The third-order valence-electron chi connectivity index (χ3n) is 2.75. The summed E-state index contributed by atoms with van der Waals surface area (Å²) in [7, 11) is 1.26. The van der Waals surface area contributed by atoms with E-state index in [0.29, 0.717) is 15.7 Å². The van der Waals surface area contributed by atoms with Crippen LogP contribution in [-0.4, -0.2) is 36.1 Å². The highest BCUT2D eigenvalue weighted by Gasteiger charge is 2.38. The molecule has 0 aromatic heterocycles. The van der Waals surface area contributed by atoms with Crippen molar-refractivity contribution in [1.82, 2.24) is 0 Å². The number of ketones is 1. The van der Waals surface area contributed by atoms with Gasteiger partial charge in [0.15, 0.2) is 0 Å². The van der Waals surface area contributed by atoms with Crippen molar-refractivity contribution in [2.75, 3.05) is 18.6 Å². The van der Waals surface area contributed by atoms with E-state index < -0.39 is 22.5 Å². The number of alkyl halides is 1. The van der Waals surface area contributed by atoms with E-state index in [1.165, 1.54) is 12.0 Å². The van der Waals surface area contributed by atoms with E-state index in [-0.39, 0.29) is 6.54 Å². The second-order valence-electron chi connectivity index (χ2n) is 3.87. The Kier molecular flexibility index (Phi) is 4.05. The molecule has 2 rings (SSSR count). The lowest BCUT2D eigenvalue weighted by molar-refractivity contribution is -0.139. The highest BCUT2D eigenvalue weighted by atomic mass is 79.9. The van der Waals surface area contributed by atoms with Crippen molar-refractivity contribution in [2.24, 2.45) is 0 Å². The number of Topliss-reactive ketones (excluding diaryl/α,β-unsaturated/α-hetero) is 1. The zero-order valence-electron chi connectivity index (χ0n) is 9.85. The molecule has 19 heavy (non-hydrogen) atoms. The van der Waals surface area contributed by atoms with Crippen LogP contribution in [-0.2, 0) is 14.3 Å². The summed E-state index contributed by atoms with van der Waals surface area (Å²) in [5.41, 5.74) is 0.829. The first-order valence-corrected chi connectivity index (χ1v) is 7.05. The van der Waals surface area contributed by atoms with Crippen LogP contribution < -0.4 is 4.90 Å². The molecule has 1 atom stereocenters. The summed E-state index contributed by atoms with van der Waals surface area (Å²) in [5, 5.41) is 0. The number of hydrogen-bond acceptors (Lipinski definition) is 4. The molecular weight excluding hydrogens is 382 g/mol. The van der Waals surface area contributed by atoms with Gasteiger partial charge in [-0.2, -0.15) is 0 Å². The molecule has 0 spiro atoms. The third kappa shape index (κ3) is 2.44. The molecule has 1 heterocycles. The lowest BCUT2D eigenvalue weighted by atomic mass is 10.1. The maximum atomic E-state index is 11.9. The molecule has 7 heteroatoms. The van der Waals surface area contributed by atoms with Gasteiger partial charge in [-0.05, 0) is 28.1 Å². The molecule has 0 radical (unpaired) electrons. The summed E-state index contributed by atoms with van der Waals surface area (Å²) in [4.78, 5) is 35.8. The Morgan fingerprint density at radius 2 is 2.11 bits per heavy atom. The monoisotopic (exact) mass is 389 g/mol. The Hall–Kier alpha value is -1.21. The fraction of sp³-hybridized carbons (Fsp3) is 0.250. The standard InChI is InChI=1S/C12H9Br2NO4/c1-19-12(18)7(14)5-15-8-4-2-3-6(13)9(8)10(16)11(15)17/h2-4,7H,5H2,1H3. The van der Waals surface area contributed by atoms with Gasteiger partial charge >= 0.3 is 5.97 Å². The molecule has 0 fully saturated rings. The number of hydrogen-bond donors (Lipinski definition) is 0. The van der Waals surface area contributed by atoms with Gasteiger partial charge in [0.1, 0.15) is 4.83 Å². The van der Waals surface area contributed by atoms with Crippen LogP contribution in [0.15, 0.2) is 22.7 Å². The summed E-state index contributed by atoms with van der Waals surface area (Å²) >= 11 is 6.39. The first kappa shape index (κ1) is 14.2. The minimum Gasteiger partial charge on any atom is -0.468 e. The van der Waals surface area contributed by atoms with Crippen molar-refractivity contribution in [1.29, 1.82) is 0 Å². The average Bonchev–Trinajstić information content (AvgIpc) is 2.64. The number of ether oxygens (including phenoxy) is 1. The summed E-state index contributed by atoms with van der Waals surface area (Å²) in [5.74, 6) is -1.72. The number of amides is 1. The molecule has 100 valence electrons. The van der Waals surface area contributed by atoms with E-state index in [2.05, 4.69) is 36.6 Å². The molecule has 1 amide bonds. The Morgan fingerprint density at radius 1 is 1.42 bits per heavy atom. The molecule has 1 aliphatic rings. The third-order valence-corrected chi connectivity index (χ3v) is 4.07. The summed E-state index contributed by atoms with van der Waals surface area (Å²) < 4.78 is 5.14. The SMILES string of the molecule is COC(=O)C(Br)CN1C(=O)C(=O)c2c(Br)cccc21. The van der Waals surface area contributed by atoms with E-state index in [4.69, 9.17) is 0 Å². The number of fused-ring (bicyclic) bond motifs is 1. The summed E-state index contributed by atoms with van der Waals surface area (Å²) in [6.07, 6.45) is 0. The van der Waals surface area contributed by atoms with Crippen molar-refractivity contribution in [3.63, 3.8) is 0 Å². The van der Waals surface area contributed by atoms with Crippen LogP contribution >= 0.6 is 31.9 Å². The van der Waals surface area contributed by atoms with Crippen molar-refractivity contribution < 1.29 is 19.1 Å². The molecule has 5 nitrogen and oxygen atoms in total. The number of esters is 1. The Balaban J connectivity index is 2.34. The van der Waals surface area contributed by atoms with Gasteiger partial charge in [-0.25, -0.2) is 0 Å². The predicted molar refractivity (Wildman–Crippen MR) is 75.6 cm³/mol. The van der Waals surface area contributed by atoms with Crippen molar-refractivity contribution >= 4 is 55.2 Å². The van der Waals surface area contributed by atoms with E-state index >= 15 is 0 Å². The number of nitrogens with zero attached hydrogens (tertiary/aromatic N) is 1. The molecule has 0 N–H and O–H groups in total. The Labute approximate surface area is 126 Å². The van der Waals surface area contributed by atoms with Gasteiger partial charge in [-0.3, -0.25) is 14.4 Å². The number of carbonyl (C=O) groups is 3. The molecule has 0 bridgehead atoms. The normalized spacial score (nSPS) is 15.4. The van der Waals surface area contributed by atoms with Crippen LogP contribution in [0, 0.1) is 0 Å². The van der Waals surface area contributed by atoms with Crippen LogP contribution in [0.25, 0.3) is 0 Å². The van der Waals surface area contributed by atoms with Gasteiger partial charge in [0, 0.05) is 11.0 Å². The predicted octanol–water partition coefficient (Wildman–Crippen LogP) is 1.91. The largest absolute Gasteiger partial charge is 0.468 e.